The average molecular weight is 157 g/mol. The number of hydrogen-bond acceptors (Lipinski definition) is 2. The van der Waals surface area contributed by atoms with Crippen molar-refractivity contribution < 1.29 is 5.11 Å². The average Bonchev–Trinajstić information content (AvgIpc) is 2.01. The van der Waals surface area contributed by atoms with Crippen molar-refractivity contribution in [3.8, 4) is 0 Å². The zero-order valence-electron chi connectivity index (χ0n) is 7.13. The highest BCUT2D eigenvalue weighted by Gasteiger charge is 2.18. The molecule has 2 heteroatoms. The predicted molar refractivity (Wildman–Crippen MR) is 46.3 cm³/mol. The van der Waals surface area contributed by atoms with E-state index in [0.717, 1.165) is 31.7 Å². The molecule has 2 unspecified atom stereocenters. The lowest BCUT2D eigenvalue weighted by Crippen LogP contribution is -2.20. The minimum atomic E-state index is -0.0217. The Labute approximate surface area is 68.8 Å². The summed E-state index contributed by atoms with van der Waals surface area (Å²) in [5, 5.41) is 9.35. The fourth-order valence-electron chi connectivity index (χ4n) is 1.93. The highest BCUT2D eigenvalue weighted by Crippen LogP contribution is 2.27. The Morgan fingerprint density at radius 2 is 2.18 bits per heavy atom. The fraction of sp³-hybridized carbons (Fsp3) is 1.00. The first-order valence-corrected chi connectivity index (χ1v) is 4.71. The Hall–Kier alpha value is -0.0800. The highest BCUT2D eigenvalue weighted by molar-refractivity contribution is 4.71. The van der Waals surface area contributed by atoms with Crippen LogP contribution < -0.4 is 5.73 Å². The third-order valence-electron chi connectivity index (χ3n) is 2.57. The summed E-state index contributed by atoms with van der Waals surface area (Å²) in [5.74, 6) is 0.752. The monoisotopic (exact) mass is 157 g/mol. The second-order valence-electron chi connectivity index (χ2n) is 3.62. The molecule has 0 aromatic rings. The molecule has 1 aliphatic carbocycles. The number of rotatable bonds is 3. The third-order valence-corrected chi connectivity index (χ3v) is 2.57. The third kappa shape index (κ3) is 3.21. The number of aliphatic hydroxyl groups is 1. The van der Waals surface area contributed by atoms with E-state index >= 15 is 0 Å². The van der Waals surface area contributed by atoms with Crippen molar-refractivity contribution in [2.75, 3.05) is 6.54 Å². The molecule has 66 valence electrons. The van der Waals surface area contributed by atoms with E-state index in [-0.39, 0.29) is 6.10 Å². The molecule has 0 amide bonds. The normalized spacial score (nSPS) is 32.2. The van der Waals surface area contributed by atoms with Gasteiger partial charge in [-0.1, -0.05) is 12.8 Å². The Kier molecular flexibility index (Phi) is 3.87. The minimum absolute atomic E-state index is 0.0217. The van der Waals surface area contributed by atoms with Gasteiger partial charge in [-0.2, -0.15) is 0 Å². The summed E-state index contributed by atoms with van der Waals surface area (Å²) in [6.07, 6.45) is 6.85. The lowest BCUT2D eigenvalue weighted by molar-refractivity contribution is 0.0978. The zero-order chi connectivity index (χ0) is 8.10. The number of hydrogen-bond donors (Lipinski definition) is 2. The van der Waals surface area contributed by atoms with Crippen molar-refractivity contribution in [1.82, 2.24) is 0 Å². The van der Waals surface area contributed by atoms with Gasteiger partial charge in [0.2, 0.25) is 0 Å². The van der Waals surface area contributed by atoms with Crippen molar-refractivity contribution in [2.24, 2.45) is 11.7 Å². The van der Waals surface area contributed by atoms with Gasteiger partial charge in [-0.15, -0.1) is 0 Å². The zero-order valence-corrected chi connectivity index (χ0v) is 7.13. The molecule has 0 saturated heterocycles. The molecule has 0 aliphatic heterocycles. The van der Waals surface area contributed by atoms with E-state index in [0.29, 0.717) is 0 Å². The Morgan fingerprint density at radius 1 is 1.36 bits per heavy atom. The van der Waals surface area contributed by atoms with Crippen LogP contribution in [0.1, 0.15) is 38.5 Å². The minimum Gasteiger partial charge on any atom is -0.393 e. The van der Waals surface area contributed by atoms with E-state index in [2.05, 4.69) is 0 Å². The van der Waals surface area contributed by atoms with E-state index in [1.807, 2.05) is 0 Å². The Bertz CT molecular complexity index is 106. The summed E-state index contributed by atoms with van der Waals surface area (Å²) in [4.78, 5) is 0. The van der Waals surface area contributed by atoms with Crippen molar-refractivity contribution in [3.05, 3.63) is 0 Å². The van der Waals surface area contributed by atoms with Crippen molar-refractivity contribution >= 4 is 0 Å². The van der Waals surface area contributed by atoms with Gasteiger partial charge in [0.25, 0.3) is 0 Å². The van der Waals surface area contributed by atoms with Gasteiger partial charge in [0.05, 0.1) is 6.10 Å². The summed E-state index contributed by atoms with van der Waals surface area (Å²) in [6, 6.07) is 0. The second kappa shape index (κ2) is 4.73. The highest BCUT2D eigenvalue weighted by atomic mass is 16.3. The molecule has 2 atom stereocenters. The van der Waals surface area contributed by atoms with Gasteiger partial charge in [-0.05, 0) is 38.1 Å². The fourth-order valence-corrected chi connectivity index (χ4v) is 1.93. The van der Waals surface area contributed by atoms with Crippen LogP contribution in [0.25, 0.3) is 0 Å². The molecule has 1 saturated carbocycles. The molecular weight excluding hydrogens is 138 g/mol. The molecule has 0 aromatic heterocycles. The van der Waals surface area contributed by atoms with Crippen LogP contribution in [0.3, 0.4) is 0 Å². The molecule has 3 N–H and O–H groups in total. The summed E-state index contributed by atoms with van der Waals surface area (Å²) in [7, 11) is 0. The van der Waals surface area contributed by atoms with Crippen LogP contribution in [0, 0.1) is 5.92 Å². The maximum Gasteiger partial charge on any atom is 0.0542 e. The first kappa shape index (κ1) is 9.01. The van der Waals surface area contributed by atoms with Crippen LogP contribution in [0.15, 0.2) is 0 Å². The summed E-state index contributed by atoms with van der Waals surface area (Å²) < 4.78 is 0. The predicted octanol–water partition coefficient (Wildman–Crippen LogP) is 1.28. The molecule has 0 spiro atoms. The van der Waals surface area contributed by atoms with E-state index < -0.39 is 0 Å². The maximum absolute atomic E-state index is 9.35. The molecule has 0 bridgehead atoms. The molecule has 0 heterocycles. The summed E-state index contributed by atoms with van der Waals surface area (Å²) in [5.41, 5.74) is 5.42. The Morgan fingerprint density at radius 3 is 2.82 bits per heavy atom. The van der Waals surface area contributed by atoms with Crippen LogP contribution in [0.5, 0.6) is 0 Å². The van der Waals surface area contributed by atoms with E-state index in [1.165, 1.54) is 19.3 Å². The molecule has 2 nitrogen and oxygen atoms in total. The van der Waals surface area contributed by atoms with Crippen molar-refractivity contribution in [1.29, 1.82) is 0 Å². The molecule has 1 fully saturated rings. The number of aliphatic hydroxyl groups excluding tert-OH is 1. The molecule has 1 aliphatic rings. The van der Waals surface area contributed by atoms with Crippen LogP contribution in [-0.4, -0.2) is 17.8 Å². The molecule has 0 radical (unpaired) electrons. The molecule has 0 aromatic carbocycles. The van der Waals surface area contributed by atoms with Crippen LogP contribution in [-0.2, 0) is 0 Å². The topological polar surface area (TPSA) is 46.2 Å². The van der Waals surface area contributed by atoms with Gasteiger partial charge < -0.3 is 10.8 Å². The SMILES string of the molecule is NCCCC1CCCC(O)C1. The second-order valence-corrected chi connectivity index (χ2v) is 3.62. The van der Waals surface area contributed by atoms with Gasteiger partial charge in [-0.25, -0.2) is 0 Å². The molecule has 1 rings (SSSR count). The van der Waals surface area contributed by atoms with Crippen molar-refractivity contribution in [2.45, 2.75) is 44.6 Å². The maximum atomic E-state index is 9.35. The first-order chi connectivity index (χ1) is 5.33. The Balaban J connectivity index is 2.12. The summed E-state index contributed by atoms with van der Waals surface area (Å²) in [6.45, 7) is 0.798. The van der Waals surface area contributed by atoms with Crippen LogP contribution in [0.2, 0.25) is 0 Å². The smallest absolute Gasteiger partial charge is 0.0542 e. The van der Waals surface area contributed by atoms with E-state index in [1.54, 1.807) is 0 Å². The van der Waals surface area contributed by atoms with Gasteiger partial charge in [0.15, 0.2) is 0 Å². The van der Waals surface area contributed by atoms with E-state index in [4.69, 9.17) is 5.73 Å². The molecular formula is C9H19NO. The lowest BCUT2D eigenvalue weighted by atomic mass is 9.84. The standard InChI is InChI=1S/C9H19NO/c10-6-2-4-8-3-1-5-9(11)7-8/h8-9,11H,1-7,10H2. The lowest BCUT2D eigenvalue weighted by Gasteiger charge is -2.25. The van der Waals surface area contributed by atoms with E-state index in [9.17, 15) is 5.11 Å². The quantitative estimate of drug-likeness (QED) is 0.648. The van der Waals surface area contributed by atoms with Crippen LogP contribution >= 0.6 is 0 Å². The van der Waals surface area contributed by atoms with Gasteiger partial charge in [0, 0.05) is 0 Å². The van der Waals surface area contributed by atoms with Gasteiger partial charge >= 0.3 is 0 Å². The van der Waals surface area contributed by atoms with Gasteiger partial charge in [0.1, 0.15) is 0 Å². The molecule has 11 heavy (non-hydrogen) atoms. The summed E-state index contributed by atoms with van der Waals surface area (Å²) >= 11 is 0. The van der Waals surface area contributed by atoms with Crippen molar-refractivity contribution in [3.63, 3.8) is 0 Å². The van der Waals surface area contributed by atoms with Crippen LogP contribution in [0.4, 0.5) is 0 Å². The largest absolute Gasteiger partial charge is 0.393 e. The number of nitrogens with two attached hydrogens (primary N) is 1. The first-order valence-electron chi connectivity index (χ1n) is 4.71. The van der Waals surface area contributed by atoms with Gasteiger partial charge in [-0.3, -0.25) is 0 Å².